The van der Waals surface area contributed by atoms with E-state index >= 15 is 5.11 Å². The zero-order valence-electron chi connectivity index (χ0n) is 36.4. The maximum atomic E-state index is 15.1. The molecule has 4 bridgehead atoms. The topological polar surface area (TPSA) is 376 Å². The number of nitrogens with one attached hydrogen (secondary N) is 2. The van der Waals surface area contributed by atoms with Gasteiger partial charge in [-0.05, 0) is 0 Å². The van der Waals surface area contributed by atoms with Crippen molar-refractivity contribution < 1.29 is 68.3 Å². The molecule has 2 amide bonds. The Morgan fingerprint density at radius 2 is 0.945 bits per heavy atom. The fourth-order valence-corrected chi connectivity index (χ4v) is 10.5. The number of anilines is 2. The molecule has 6 aliphatic rings. The number of nitro benzene ring substituents is 4. The molecule has 0 saturated carbocycles. The van der Waals surface area contributed by atoms with Crippen LogP contribution in [0.3, 0.4) is 0 Å². The molecule has 6 aromatic rings. The summed E-state index contributed by atoms with van der Waals surface area (Å²) in [4.78, 5) is 74.1. The number of carbonyl (C=O) groups is 2. The zero-order valence-corrected chi connectivity index (χ0v) is 37.7. The summed E-state index contributed by atoms with van der Waals surface area (Å²) in [7, 11) is 0. The normalized spacial score (nSPS) is 19.9. The Morgan fingerprint density at radius 3 is 1.41 bits per heavy atom. The molecule has 4 aliphatic heterocycles. The van der Waals surface area contributed by atoms with E-state index in [2.05, 4.69) is 31.1 Å². The van der Waals surface area contributed by atoms with Gasteiger partial charge in [0, 0.05) is 0 Å². The van der Waals surface area contributed by atoms with Gasteiger partial charge in [-0.3, -0.25) is 0 Å². The summed E-state index contributed by atoms with van der Waals surface area (Å²) in [5.74, 6) is -7.26. The van der Waals surface area contributed by atoms with E-state index in [9.17, 15) is 62.8 Å². The molecule has 0 saturated heterocycles. The molecule has 0 aromatic heterocycles. The first-order valence-electron chi connectivity index (χ1n) is 21.1. The predicted octanol–water partition coefficient (Wildman–Crippen LogP) is 7.68. The Kier molecular flexibility index (Phi) is 10.9. The van der Waals surface area contributed by atoms with Gasteiger partial charge >= 0.3 is 410 Å². The van der Waals surface area contributed by atoms with Crippen molar-refractivity contribution in [2.24, 2.45) is 20.5 Å². The molecule has 12 rings (SSSR count). The number of non-ortho nitro benzene ring substituents is 2. The number of aliphatic hydroxyl groups excluding tert-OH is 1. The van der Waals surface area contributed by atoms with Crippen LogP contribution < -0.4 is 23.3 Å². The maximum absolute atomic E-state index is 15.1. The molecule has 364 valence electrons. The van der Waals surface area contributed by atoms with Crippen molar-refractivity contribution in [3.05, 3.63) is 230 Å². The van der Waals surface area contributed by atoms with Crippen LogP contribution in [0.25, 0.3) is 0 Å². The average Bonchev–Trinajstić information content (AvgIpc) is 3.37. The van der Waals surface area contributed by atoms with E-state index in [4.69, 9.17) is 7.58 Å². The first-order chi connectivity index (χ1) is 34.9. The van der Waals surface area contributed by atoms with Crippen LogP contribution in [-0.4, -0.2) is 36.6 Å². The first-order valence-corrected chi connectivity index (χ1v) is 23.2. The van der Waals surface area contributed by atoms with Gasteiger partial charge in [-0.25, -0.2) is 0 Å². The second-order valence-corrected chi connectivity index (χ2v) is 18.1. The van der Waals surface area contributed by atoms with E-state index < -0.39 is 136 Å². The quantitative estimate of drug-likeness (QED) is 0.0695. The molecule has 27 heteroatoms. The molecule has 0 fully saturated rings. The van der Waals surface area contributed by atoms with Crippen molar-refractivity contribution >= 4 is 45.9 Å². The summed E-state index contributed by atoms with van der Waals surface area (Å²) in [6, 6.07) is 25.7. The van der Waals surface area contributed by atoms with Crippen LogP contribution in [0.15, 0.2) is 177 Å². The van der Waals surface area contributed by atoms with Gasteiger partial charge in [-0.15, -0.1) is 0 Å². The number of hydrogen-bond acceptors (Lipinski definition) is 20. The summed E-state index contributed by atoms with van der Waals surface area (Å²) in [6.07, 6.45) is 0. The summed E-state index contributed by atoms with van der Waals surface area (Å²) in [5, 5.41) is 100. The summed E-state index contributed by atoms with van der Waals surface area (Å²) < 4.78 is 40.3. The molecule has 73 heavy (non-hydrogen) atoms. The van der Waals surface area contributed by atoms with Crippen LogP contribution in [0.1, 0.15) is 45.5 Å². The summed E-state index contributed by atoms with van der Waals surface area (Å²) in [6.45, 7) is 0. The molecule has 6 aromatic carbocycles. The van der Waals surface area contributed by atoms with E-state index in [1.165, 1.54) is 72.8 Å². The number of azo groups is 2. The number of amides is 2. The van der Waals surface area contributed by atoms with Gasteiger partial charge in [-0.2, -0.15) is 0 Å². The van der Waals surface area contributed by atoms with E-state index in [1.54, 1.807) is 36.4 Å². The zero-order chi connectivity index (χ0) is 51.7. The van der Waals surface area contributed by atoms with Crippen LogP contribution in [-0.2, 0) is 41.9 Å². The number of nitro groups is 4. The Labute approximate surface area is 408 Å². The van der Waals surface area contributed by atoms with Crippen molar-refractivity contribution in [3.63, 3.8) is 0 Å². The fraction of sp³-hybridized carbons (Fsp3) is 0.0870. The third-order valence-corrected chi connectivity index (χ3v) is 13.4. The van der Waals surface area contributed by atoms with Gasteiger partial charge in [0.05, 0.1) is 0 Å². The van der Waals surface area contributed by atoms with Gasteiger partial charge in [0.2, 0.25) is 0 Å². The Morgan fingerprint density at radius 1 is 0.548 bits per heavy atom. The van der Waals surface area contributed by atoms with Crippen LogP contribution in [0, 0.1) is 40.5 Å². The number of nitrogens with zero attached hydrogens (tertiary/aromatic N) is 8. The van der Waals surface area contributed by atoms with Gasteiger partial charge in [0.25, 0.3) is 0 Å². The predicted molar refractivity (Wildman–Crippen MR) is 239 cm³/mol. The number of hydrogen-bond donors (Lipinski definition) is 3. The van der Waals surface area contributed by atoms with Crippen molar-refractivity contribution in [3.8, 4) is 11.5 Å². The number of aliphatic hydroxyl groups is 1. The molecular weight excluding hydrogens is 1000 g/mol. The number of rotatable bonds is 14. The minimum atomic E-state index is -7.32. The molecule has 0 spiro atoms. The second kappa shape index (κ2) is 17.1. The van der Waals surface area contributed by atoms with E-state index in [0.29, 0.717) is 12.1 Å². The minimum absolute atomic E-state index is 0.0905. The van der Waals surface area contributed by atoms with Crippen LogP contribution in [0.4, 0.5) is 34.1 Å². The van der Waals surface area contributed by atoms with Gasteiger partial charge in [0.15, 0.2) is 0 Å². The third kappa shape index (κ3) is 7.34. The van der Waals surface area contributed by atoms with E-state index in [-0.39, 0.29) is 45.8 Å². The number of para-hydroxylation sites is 2. The van der Waals surface area contributed by atoms with Crippen LogP contribution in [0.2, 0.25) is 0 Å². The van der Waals surface area contributed by atoms with Crippen molar-refractivity contribution in [2.75, 3.05) is 10.6 Å². The molecule has 26 nitrogen and oxygen atoms in total. The van der Waals surface area contributed by atoms with Gasteiger partial charge < -0.3 is 0 Å². The third-order valence-electron chi connectivity index (χ3n) is 12.3. The Hall–Kier alpha value is -10.1. The molecule has 0 radical (unpaired) electrons. The van der Waals surface area contributed by atoms with Gasteiger partial charge in [-0.1, -0.05) is 0 Å². The average molecular weight is 1030 g/mol. The Balaban J connectivity index is 1.18. The first kappa shape index (κ1) is 46.6. The van der Waals surface area contributed by atoms with E-state index in [0.717, 1.165) is 0 Å². The van der Waals surface area contributed by atoms with Gasteiger partial charge in [0.1, 0.15) is 0 Å². The molecule has 3 N–H and O–H groups in total. The van der Waals surface area contributed by atoms with Crippen LogP contribution in [0.5, 0.6) is 11.5 Å². The molecule has 2 aliphatic carbocycles. The number of benzene rings is 6. The molecule has 4 unspecified atom stereocenters. The van der Waals surface area contributed by atoms with Crippen molar-refractivity contribution in [1.29, 1.82) is 0 Å². The van der Waals surface area contributed by atoms with E-state index in [1.807, 2.05) is 0 Å². The number of carbonyl (C=O) groups excluding carboxylic acids is 2. The molecular formula is C46H27CrN10O16-. The van der Waals surface area contributed by atoms with Crippen molar-refractivity contribution in [1.82, 2.24) is 0 Å². The Bertz CT molecular complexity index is 3490. The fourth-order valence-electron chi connectivity index (χ4n) is 9.22. The van der Waals surface area contributed by atoms with Crippen LogP contribution >= 0.6 is 0 Å². The second-order valence-electron chi connectivity index (χ2n) is 16.3. The van der Waals surface area contributed by atoms with Crippen molar-refractivity contribution in [2.45, 2.75) is 23.2 Å². The standard InChI is InChI=1S/2C23H15N5O7.Cr.2O/c2*29-20-16(10-13(27(32)33)11-17(20)28(34)35)23-15-9-5-4-8-14(15)19(25-26-23)18(21(23)30)22(31)24-12-6-2-1-3-7-12;;;/h2*1-11,19,29-30H,(H,24,31);;;/q;;+2;;/p-3. The summed E-state index contributed by atoms with van der Waals surface area (Å²) in [5.41, 5.74) is -13.6. The monoisotopic (exact) mass is 1030 g/mol. The SMILES string of the molecule is O=C(Nc1ccccc1)C1=C([O-])C2(c3cc([N+](=O)[O-])cc([N+](=O)[O-])c3[O][Cr](=[O])(=[O])[O]c3c([N+](=O)[O-])cc([N+](=O)[O-])cc3C34N=NC(C(C(=O)Nc5ccccc5)=C3O)c3ccccc34)N=NC1c1ccccc12. The summed E-state index contributed by atoms with van der Waals surface area (Å²) >= 11 is -7.32. The molecule has 4 heterocycles. The molecule has 4 atom stereocenters.